The van der Waals surface area contributed by atoms with E-state index in [4.69, 9.17) is 0 Å². The molecule has 0 aliphatic carbocycles. The van der Waals surface area contributed by atoms with E-state index in [2.05, 4.69) is 5.32 Å². The van der Waals surface area contributed by atoms with Gasteiger partial charge in [-0.1, -0.05) is 91.0 Å². The average molecular weight is 478 g/mol. The van der Waals surface area contributed by atoms with Crippen molar-refractivity contribution >= 4 is 35.0 Å². The number of nitriles is 1. The molecule has 35 heavy (non-hydrogen) atoms. The van der Waals surface area contributed by atoms with E-state index in [9.17, 15) is 14.9 Å². The summed E-state index contributed by atoms with van der Waals surface area (Å²) in [6.07, 6.45) is 5.41. The van der Waals surface area contributed by atoms with Crippen LogP contribution < -0.4 is 20.1 Å². The number of carbonyl (C=O) groups is 1. The molecule has 4 aromatic rings. The van der Waals surface area contributed by atoms with Gasteiger partial charge in [-0.15, -0.1) is 11.3 Å². The van der Waals surface area contributed by atoms with E-state index < -0.39 is 5.91 Å². The third-order valence-electron chi connectivity index (χ3n) is 5.37. The normalized spacial score (nSPS) is 13.3. The molecule has 6 heteroatoms. The largest absolute Gasteiger partial charge is 0.345 e. The topological polar surface area (TPSA) is 74.9 Å². The van der Waals surface area contributed by atoms with Crippen LogP contribution in [0.5, 0.6) is 0 Å². The first kappa shape index (κ1) is 23.7. The molecule has 1 unspecified atom stereocenters. The van der Waals surface area contributed by atoms with Crippen LogP contribution in [0.4, 0.5) is 0 Å². The molecule has 0 saturated heterocycles. The van der Waals surface area contributed by atoms with Gasteiger partial charge in [0.05, 0.1) is 16.3 Å². The van der Waals surface area contributed by atoms with Gasteiger partial charge in [0.2, 0.25) is 0 Å². The third kappa shape index (κ3) is 5.55. The summed E-state index contributed by atoms with van der Waals surface area (Å²) in [5.41, 5.74) is 2.12. The molecule has 0 aliphatic heterocycles. The maximum atomic E-state index is 13.4. The van der Waals surface area contributed by atoms with Crippen LogP contribution in [0, 0.1) is 11.3 Å². The standard InChI is InChI=1S/C29H23N3O2S/c1-21(23-15-7-3-8-16-23)31-27(33)25(20-30)29-32(24-17-9-4-10-18-24)28(34)26(35-29)19-11-14-22-12-5-2-6-13-22/h2-19,21H,1H3,(H,31,33)/b14-11+,26-19+,29-25+. The first-order chi connectivity index (χ1) is 17.1. The van der Waals surface area contributed by atoms with Crippen LogP contribution in [0.15, 0.2) is 102 Å². The Bertz CT molecular complexity index is 1560. The van der Waals surface area contributed by atoms with E-state index >= 15 is 0 Å². The number of amides is 1. The molecular weight excluding hydrogens is 454 g/mol. The fourth-order valence-electron chi connectivity index (χ4n) is 3.58. The van der Waals surface area contributed by atoms with Crippen molar-refractivity contribution < 1.29 is 4.79 Å². The molecule has 0 fully saturated rings. The molecule has 0 radical (unpaired) electrons. The summed E-state index contributed by atoms with van der Waals surface area (Å²) in [6, 6.07) is 30.0. The second-order valence-corrected chi connectivity index (χ2v) is 8.81. The maximum absolute atomic E-state index is 13.4. The Labute approximate surface area is 207 Å². The molecule has 172 valence electrons. The molecule has 0 saturated carbocycles. The number of aromatic nitrogens is 1. The number of para-hydroxylation sites is 1. The number of allylic oxidation sites excluding steroid dienone is 1. The van der Waals surface area contributed by atoms with Crippen molar-refractivity contribution in [3.63, 3.8) is 0 Å². The smallest absolute Gasteiger partial charge is 0.273 e. The molecule has 0 aliphatic rings. The minimum Gasteiger partial charge on any atom is -0.345 e. The minimum atomic E-state index is -0.527. The van der Waals surface area contributed by atoms with Gasteiger partial charge < -0.3 is 5.32 Å². The third-order valence-corrected chi connectivity index (χ3v) is 6.48. The fraction of sp³-hybridized carbons (Fsp3) is 0.0690. The second-order valence-electron chi connectivity index (χ2n) is 7.78. The summed E-state index contributed by atoms with van der Waals surface area (Å²) in [5.74, 6) is -0.527. The monoisotopic (exact) mass is 477 g/mol. The molecule has 4 rings (SSSR count). The summed E-state index contributed by atoms with van der Waals surface area (Å²) in [7, 11) is 0. The zero-order chi connectivity index (χ0) is 24.6. The van der Waals surface area contributed by atoms with Crippen molar-refractivity contribution in [3.8, 4) is 11.8 Å². The summed E-state index contributed by atoms with van der Waals surface area (Å²) in [6.45, 7) is 1.86. The molecule has 1 amide bonds. The van der Waals surface area contributed by atoms with Crippen LogP contribution >= 0.6 is 11.3 Å². The minimum absolute atomic E-state index is 0.106. The predicted molar refractivity (Wildman–Crippen MR) is 141 cm³/mol. The van der Waals surface area contributed by atoms with Crippen LogP contribution in [0.2, 0.25) is 0 Å². The van der Waals surface area contributed by atoms with E-state index in [-0.39, 0.29) is 17.2 Å². The Morgan fingerprint density at radius 1 is 0.971 bits per heavy atom. The number of nitrogens with one attached hydrogen (secondary N) is 1. The molecule has 5 nitrogen and oxygen atoms in total. The average Bonchev–Trinajstić information content (AvgIpc) is 3.21. The Hall–Kier alpha value is -4.47. The van der Waals surface area contributed by atoms with Crippen molar-refractivity contribution in [2.75, 3.05) is 0 Å². The first-order valence-corrected chi connectivity index (χ1v) is 11.9. The number of hydrogen-bond donors (Lipinski definition) is 1. The second kappa shape index (κ2) is 11.1. The van der Waals surface area contributed by atoms with E-state index in [1.54, 1.807) is 24.3 Å². The van der Waals surface area contributed by atoms with E-state index in [1.807, 2.05) is 97.9 Å². The summed E-state index contributed by atoms with van der Waals surface area (Å²) in [5, 5.41) is 12.8. The lowest BCUT2D eigenvalue weighted by Crippen LogP contribution is -2.34. The van der Waals surface area contributed by atoms with Gasteiger partial charge in [0.15, 0.2) is 5.57 Å². The number of benzene rings is 3. The molecule has 1 N–H and O–H groups in total. The van der Waals surface area contributed by atoms with Gasteiger partial charge in [-0.25, -0.2) is 0 Å². The summed E-state index contributed by atoms with van der Waals surface area (Å²) >= 11 is 1.12. The van der Waals surface area contributed by atoms with Gasteiger partial charge in [0, 0.05) is 0 Å². The van der Waals surface area contributed by atoms with Crippen LogP contribution in [-0.4, -0.2) is 10.5 Å². The zero-order valence-corrected chi connectivity index (χ0v) is 19.9. The number of carbonyl (C=O) groups excluding carboxylic acids is 1. The van der Waals surface area contributed by atoms with Crippen molar-refractivity contribution in [2.45, 2.75) is 13.0 Å². The zero-order valence-electron chi connectivity index (χ0n) is 19.1. The van der Waals surface area contributed by atoms with Crippen LogP contribution in [0.1, 0.15) is 24.1 Å². The molecule has 0 spiro atoms. The van der Waals surface area contributed by atoms with Crippen molar-refractivity contribution in [3.05, 3.63) is 128 Å². The van der Waals surface area contributed by atoms with Gasteiger partial charge in [0.25, 0.3) is 11.5 Å². The molecule has 1 aromatic heterocycles. The van der Waals surface area contributed by atoms with Crippen molar-refractivity contribution in [2.24, 2.45) is 0 Å². The number of hydrogen-bond acceptors (Lipinski definition) is 4. The van der Waals surface area contributed by atoms with Crippen molar-refractivity contribution in [1.29, 1.82) is 5.26 Å². The highest BCUT2D eigenvalue weighted by Gasteiger charge is 2.18. The Balaban J connectivity index is 1.82. The van der Waals surface area contributed by atoms with Gasteiger partial charge in [-0.2, -0.15) is 5.26 Å². The van der Waals surface area contributed by atoms with Crippen LogP contribution in [0.25, 0.3) is 23.4 Å². The lowest BCUT2D eigenvalue weighted by Gasteiger charge is -2.13. The lowest BCUT2D eigenvalue weighted by molar-refractivity contribution is -0.116. The highest BCUT2D eigenvalue weighted by atomic mass is 32.1. The Morgan fingerprint density at radius 2 is 1.57 bits per heavy atom. The molecule has 1 atom stereocenters. The molecule has 3 aromatic carbocycles. The highest BCUT2D eigenvalue weighted by molar-refractivity contribution is 7.07. The molecular formula is C29H23N3O2S. The maximum Gasteiger partial charge on any atom is 0.273 e. The van der Waals surface area contributed by atoms with E-state index in [1.165, 1.54) is 4.57 Å². The van der Waals surface area contributed by atoms with Gasteiger partial charge in [-0.05, 0) is 36.3 Å². The van der Waals surface area contributed by atoms with Crippen LogP contribution in [0.3, 0.4) is 0 Å². The van der Waals surface area contributed by atoms with Gasteiger partial charge in [0.1, 0.15) is 10.7 Å². The molecule has 0 bridgehead atoms. The quantitative estimate of drug-likeness (QED) is 0.457. The molecule has 1 heterocycles. The summed E-state index contributed by atoms with van der Waals surface area (Å²) in [4.78, 5) is 26.5. The van der Waals surface area contributed by atoms with Crippen molar-refractivity contribution in [1.82, 2.24) is 9.88 Å². The Morgan fingerprint density at radius 3 is 2.20 bits per heavy atom. The lowest BCUT2D eigenvalue weighted by atomic mass is 10.1. The van der Waals surface area contributed by atoms with Crippen LogP contribution in [-0.2, 0) is 4.79 Å². The summed E-state index contributed by atoms with van der Waals surface area (Å²) < 4.78 is 2.14. The SMILES string of the molecule is CC(NC(=O)/C(C#N)=c1/s/c(=C/C=C/c2ccccc2)c(=O)n1-c1ccccc1)c1ccccc1. The predicted octanol–water partition coefficient (Wildman–Crippen LogP) is 3.94. The van der Waals surface area contributed by atoms with Gasteiger partial charge in [-0.3, -0.25) is 14.2 Å². The fourth-order valence-corrected chi connectivity index (χ4v) is 4.63. The number of nitrogens with zero attached hydrogens (tertiary/aromatic N) is 2. The van der Waals surface area contributed by atoms with E-state index in [0.29, 0.717) is 14.9 Å². The number of rotatable bonds is 6. The van der Waals surface area contributed by atoms with Gasteiger partial charge >= 0.3 is 0 Å². The Kier molecular flexibility index (Phi) is 7.51. The number of thiazole rings is 1. The first-order valence-electron chi connectivity index (χ1n) is 11.1. The van der Waals surface area contributed by atoms with E-state index in [0.717, 1.165) is 22.5 Å². The highest BCUT2D eigenvalue weighted by Crippen LogP contribution is 2.12.